The van der Waals surface area contributed by atoms with Gasteiger partial charge in [-0.2, -0.15) is 0 Å². The normalized spacial score (nSPS) is 17.1. The fraction of sp³-hybridized carbons (Fsp3) is 1.00. The highest BCUT2D eigenvalue weighted by Gasteiger charge is 2.33. The molecule has 2 atom stereocenters. The van der Waals surface area contributed by atoms with E-state index in [1.807, 2.05) is 0 Å². The van der Waals surface area contributed by atoms with E-state index in [0.717, 1.165) is 36.9 Å². The van der Waals surface area contributed by atoms with Crippen LogP contribution in [0.4, 0.5) is 0 Å². The molecule has 0 rings (SSSR count). The molecule has 0 aromatic rings. The summed E-state index contributed by atoms with van der Waals surface area (Å²) in [6.07, 6.45) is 10.4. The summed E-state index contributed by atoms with van der Waals surface area (Å²) in [4.78, 5) is 0. The fourth-order valence-corrected chi connectivity index (χ4v) is 4.72. The molecule has 0 spiro atoms. The quantitative estimate of drug-likeness (QED) is 0.259. The summed E-state index contributed by atoms with van der Waals surface area (Å²) >= 11 is 0. The summed E-state index contributed by atoms with van der Waals surface area (Å²) in [6, 6.07) is 0. The summed E-state index contributed by atoms with van der Waals surface area (Å²) in [5.41, 5.74) is 0.738. The van der Waals surface area contributed by atoms with Gasteiger partial charge in [0.2, 0.25) is 0 Å². The maximum atomic E-state index is 6.61. The van der Waals surface area contributed by atoms with E-state index in [-0.39, 0.29) is 0 Å². The van der Waals surface area contributed by atoms with Gasteiger partial charge in [-0.1, -0.05) is 82.1 Å². The maximum Gasteiger partial charge on any atom is 0.0522 e. The van der Waals surface area contributed by atoms with Crippen molar-refractivity contribution in [2.75, 3.05) is 13.2 Å². The minimum atomic E-state index is 0.369. The van der Waals surface area contributed by atoms with Gasteiger partial charge in [-0.05, 0) is 73.0 Å². The van der Waals surface area contributed by atoms with Crippen molar-refractivity contribution < 1.29 is 4.74 Å². The molecule has 27 heavy (non-hydrogen) atoms. The van der Waals surface area contributed by atoms with Gasteiger partial charge in [0.05, 0.1) is 13.2 Å². The van der Waals surface area contributed by atoms with Crippen LogP contribution in [-0.2, 0) is 4.74 Å². The second kappa shape index (κ2) is 13.2. The van der Waals surface area contributed by atoms with E-state index in [1.54, 1.807) is 0 Å². The Morgan fingerprint density at radius 1 is 0.556 bits per heavy atom. The van der Waals surface area contributed by atoms with Gasteiger partial charge >= 0.3 is 0 Å². The highest BCUT2D eigenvalue weighted by Crippen LogP contribution is 2.40. The standard InChI is InChI=1S/C26H54O/c1-11-25(17-23(7)8,15-13-21(3)4)19-27-20-26(12-2,18-24(9)10)16-14-22(5)6/h21-24H,11-20H2,1-10H3. The topological polar surface area (TPSA) is 9.23 Å². The molecule has 0 N–H and O–H groups in total. The SMILES string of the molecule is CCC(CCC(C)C)(COCC(CC)(CCC(C)C)CC(C)C)CC(C)C. The van der Waals surface area contributed by atoms with Crippen molar-refractivity contribution in [2.45, 2.75) is 121 Å². The Kier molecular flexibility index (Phi) is 13.2. The van der Waals surface area contributed by atoms with Crippen LogP contribution in [0.5, 0.6) is 0 Å². The molecule has 0 radical (unpaired) electrons. The zero-order valence-corrected chi connectivity index (χ0v) is 20.8. The van der Waals surface area contributed by atoms with Crippen molar-refractivity contribution >= 4 is 0 Å². The Morgan fingerprint density at radius 2 is 0.889 bits per heavy atom. The van der Waals surface area contributed by atoms with Crippen molar-refractivity contribution in [2.24, 2.45) is 34.5 Å². The summed E-state index contributed by atoms with van der Waals surface area (Å²) in [5.74, 6) is 3.05. The van der Waals surface area contributed by atoms with E-state index >= 15 is 0 Å². The van der Waals surface area contributed by atoms with E-state index < -0.39 is 0 Å². The summed E-state index contributed by atoms with van der Waals surface area (Å²) in [7, 11) is 0. The second-order valence-corrected chi connectivity index (χ2v) is 11.3. The molecule has 0 aromatic heterocycles. The van der Waals surface area contributed by atoms with Crippen LogP contribution in [0, 0.1) is 34.5 Å². The fourth-order valence-electron chi connectivity index (χ4n) is 4.72. The van der Waals surface area contributed by atoms with Crippen molar-refractivity contribution in [3.05, 3.63) is 0 Å². The second-order valence-electron chi connectivity index (χ2n) is 11.3. The summed E-state index contributed by atoms with van der Waals surface area (Å²) in [5, 5.41) is 0. The maximum absolute atomic E-state index is 6.61. The third-order valence-electron chi connectivity index (χ3n) is 6.50. The Hall–Kier alpha value is -0.0400. The molecule has 1 nitrogen and oxygen atoms in total. The van der Waals surface area contributed by atoms with Crippen molar-refractivity contribution in [1.82, 2.24) is 0 Å². The smallest absolute Gasteiger partial charge is 0.0522 e. The largest absolute Gasteiger partial charge is 0.380 e. The van der Waals surface area contributed by atoms with E-state index in [4.69, 9.17) is 4.74 Å². The van der Waals surface area contributed by atoms with E-state index in [9.17, 15) is 0 Å². The third kappa shape index (κ3) is 11.5. The molecule has 0 aliphatic rings. The molecule has 2 unspecified atom stereocenters. The molecule has 0 amide bonds. The molecule has 0 saturated carbocycles. The van der Waals surface area contributed by atoms with Gasteiger partial charge in [0.15, 0.2) is 0 Å². The first-order chi connectivity index (χ1) is 12.5. The molecular formula is C26H54O. The first kappa shape index (κ1) is 27.0. The number of ether oxygens (including phenoxy) is 1. The minimum Gasteiger partial charge on any atom is -0.380 e. The summed E-state index contributed by atoms with van der Waals surface area (Å²) in [6.45, 7) is 25.6. The minimum absolute atomic E-state index is 0.369. The lowest BCUT2D eigenvalue weighted by Gasteiger charge is -2.39. The molecule has 0 saturated heterocycles. The van der Waals surface area contributed by atoms with E-state index in [2.05, 4.69) is 69.2 Å². The van der Waals surface area contributed by atoms with Gasteiger partial charge in [-0.3, -0.25) is 0 Å². The molecule has 0 aliphatic heterocycles. The van der Waals surface area contributed by atoms with Crippen LogP contribution in [-0.4, -0.2) is 13.2 Å². The third-order valence-corrected chi connectivity index (χ3v) is 6.50. The Morgan fingerprint density at radius 3 is 1.11 bits per heavy atom. The molecule has 1 heteroatoms. The molecule has 0 aliphatic carbocycles. The van der Waals surface area contributed by atoms with E-state index in [0.29, 0.717) is 10.8 Å². The van der Waals surface area contributed by atoms with Gasteiger partial charge in [0.1, 0.15) is 0 Å². The molecule has 0 fully saturated rings. The lowest BCUT2D eigenvalue weighted by molar-refractivity contribution is -0.0350. The molecule has 0 aromatic carbocycles. The molecule has 0 bridgehead atoms. The molecule has 164 valence electrons. The monoisotopic (exact) mass is 382 g/mol. The Bertz CT molecular complexity index is 323. The zero-order chi connectivity index (χ0) is 21.1. The van der Waals surface area contributed by atoms with Crippen molar-refractivity contribution in [3.8, 4) is 0 Å². The van der Waals surface area contributed by atoms with Crippen LogP contribution < -0.4 is 0 Å². The van der Waals surface area contributed by atoms with Crippen LogP contribution in [0.15, 0.2) is 0 Å². The predicted octanol–water partition coefficient (Wildman–Crippen LogP) is 8.76. The first-order valence-corrected chi connectivity index (χ1v) is 12.1. The van der Waals surface area contributed by atoms with Crippen LogP contribution in [0.2, 0.25) is 0 Å². The lowest BCUT2D eigenvalue weighted by atomic mass is 9.73. The van der Waals surface area contributed by atoms with E-state index in [1.165, 1.54) is 51.4 Å². The van der Waals surface area contributed by atoms with Gasteiger partial charge < -0.3 is 4.74 Å². The van der Waals surface area contributed by atoms with Crippen LogP contribution in [0.25, 0.3) is 0 Å². The zero-order valence-electron chi connectivity index (χ0n) is 20.8. The highest BCUT2D eigenvalue weighted by molar-refractivity contribution is 4.83. The highest BCUT2D eigenvalue weighted by atomic mass is 16.5. The van der Waals surface area contributed by atoms with Crippen LogP contribution >= 0.6 is 0 Å². The Labute approximate surface area is 173 Å². The van der Waals surface area contributed by atoms with Crippen LogP contribution in [0.1, 0.15) is 121 Å². The average Bonchev–Trinajstić information content (AvgIpc) is 2.56. The molecular weight excluding hydrogens is 328 g/mol. The van der Waals surface area contributed by atoms with Gasteiger partial charge in [0.25, 0.3) is 0 Å². The van der Waals surface area contributed by atoms with Gasteiger partial charge in [-0.25, -0.2) is 0 Å². The summed E-state index contributed by atoms with van der Waals surface area (Å²) < 4.78 is 6.61. The lowest BCUT2D eigenvalue weighted by Crippen LogP contribution is -2.34. The van der Waals surface area contributed by atoms with Gasteiger partial charge in [0, 0.05) is 0 Å². The van der Waals surface area contributed by atoms with Crippen LogP contribution in [0.3, 0.4) is 0 Å². The number of hydrogen-bond donors (Lipinski definition) is 0. The number of rotatable bonds is 16. The number of hydrogen-bond acceptors (Lipinski definition) is 1. The molecule has 0 heterocycles. The van der Waals surface area contributed by atoms with Gasteiger partial charge in [-0.15, -0.1) is 0 Å². The predicted molar refractivity (Wildman–Crippen MR) is 123 cm³/mol. The van der Waals surface area contributed by atoms with Crippen molar-refractivity contribution in [3.63, 3.8) is 0 Å². The Balaban J connectivity index is 5.10. The first-order valence-electron chi connectivity index (χ1n) is 12.1. The van der Waals surface area contributed by atoms with Crippen molar-refractivity contribution in [1.29, 1.82) is 0 Å². The average molecular weight is 383 g/mol.